The van der Waals surface area contributed by atoms with E-state index in [1.165, 1.54) is 0 Å². The van der Waals surface area contributed by atoms with Crippen molar-refractivity contribution in [3.8, 4) is 5.75 Å². The van der Waals surface area contributed by atoms with Gasteiger partial charge in [-0.3, -0.25) is 4.79 Å². The predicted octanol–water partition coefficient (Wildman–Crippen LogP) is 3.94. The Balaban J connectivity index is 1.81. The standard InChI is InChI=1S/C16H14BrClN2O2/c1-11-7-14(5-6-15(11)18)22-10-16(21)20-19-9-12-3-2-4-13(17)8-12/h2-9H,10H2,1H3,(H,20,21)/b19-9+. The van der Waals surface area contributed by atoms with Crippen molar-refractivity contribution in [3.05, 3.63) is 63.1 Å². The van der Waals surface area contributed by atoms with E-state index in [9.17, 15) is 4.79 Å². The highest BCUT2D eigenvalue weighted by atomic mass is 79.9. The maximum Gasteiger partial charge on any atom is 0.277 e. The first-order chi connectivity index (χ1) is 10.5. The molecule has 22 heavy (non-hydrogen) atoms. The van der Waals surface area contributed by atoms with Gasteiger partial charge in [0.1, 0.15) is 5.75 Å². The molecule has 0 aliphatic rings. The normalized spacial score (nSPS) is 10.7. The van der Waals surface area contributed by atoms with E-state index in [1.54, 1.807) is 24.4 Å². The molecule has 6 heteroatoms. The van der Waals surface area contributed by atoms with Crippen LogP contribution in [0.3, 0.4) is 0 Å². The SMILES string of the molecule is Cc1cc(OCC(=O)N/N=C/c2cccc(Br)c2)ccc1Cl. The number of benzene rings is 2. The lowest BCUT2D eigenvalue weighted by Crippen LogP contribution is -2.24. The van der Waals surface area contributed by atoms with Crippen LogP contribution in [0.2, 0.25) is 5.02 Å². The summed E-state index contributed by atoms with van der Waals surface area (Å²) in [6, 6.07) is 12.8. The van der Waals surface area contributed by atoms with Crippen LogP contribution in [0.1, 0.15) is 11.1 Å². The molecule has 0 heterocycles. The number of halogens is 2. The van der Waals surface area contributed by atoms with Crippen LogP contribution in [-0.2, 0) is 4.79 Å². The Morgan fingerprint density at radius 3 is 2.91 bits per heavy atom. The van der Waals surface area contributed by atoms with Gasteiger partial charge in [-0.05, 0) is 48.4 Å². The summed E-state index contributed by atoms with van der Waals surface area (Å²) >= 11 is 9.29. The van der Waals surface area contributed by atoms with Gasteiger partial charge in [0, 0.05) is 9.50 Å². The molecule has 4 nitrogen and oxygen atoms in total. The Morgan fingerprint density at radius 1 is 1.36 bits per heavy atom. The topological polar surface area (TPSA) is 50.7 Å². The van der Waals surface area contributed by atoms with Crippen LogP contribution < -0.4 is 10.2 Å². The first-order valence-electron chi connectivity index (χ1n) is 6.51. The largest absolute Gasteiger partial charge is 0.484 e. The molecule has 0 radical (unpaired) electrons. The minimum atomic E-state index is -0.334. The summed E-state index contributed by atoms with van der Waals surface area (Å²) in [5.74, 6) is 0.256. The Morgan fingerprint density at radius 2 is 2.18 bits per heavy atom. The van der Waals surface area contributed by atoms with Crippen LogP contribution in [0.4, 0.5) is 0 Å². The quantitative estimate of drug-likeness (QED) is 0.630. The van der Waals surface area contributed by atoms with E-state index in [-0.39, 0.29) is 12.5 Å². The molecule has 2 rings (SSSR count). The number of carbonyl (C=O) groups excluding carboxylic acids is 1. The van der Waals surface area contributed by atoms with Crippen LogP contribution in [0.15, 0.2) is 52.0 Å². The average Bonchev–Trinajstić information content (AvgIpc) is 2.48. The fraction of sp³-hybridized carbons (Fsp3) is 0.125. The van der Waals surface area contributed by atoms with Crippen molar-refractivity contribution < 1.29 is 9.53 Å². The van der Waals surface area contributed by atoms with Gasteiger partial charge in [-0.25, -0.2) is 5.43 Å². The number of hydrazone groups is 1. The van der Waals surface area contributed by atoms with Crippen molar-refractivity contribution in [1.29, 1.82) is 0 Å². The Bertz CT molecular complexity index is 704. The minimum absolute atomic E-state index is 0.114. The molecule has 0 unspecified atom stereocenters. The molecule has 0 spiro atoms. The van der Waals surface area contributed by atoms with Gasteiger partial charge in [-0.1, -0.05) is 39.7 Å². The zero-order valence-corrected chi connectivity index (χ0v) is 14.2. The van der Waals surface area contributed by atoms with E-state index in [1.807, 2.05) is 31.2 Å². The number of nitrogens with one attached hydrogen (secondary N) is 1. The molecule has 0 aliphatic heterocycles. The highest BCUT2D eigenvalue weighted by Gasteiger charge is 2.03. The smallest absolute Gasteiger partial charge is 0.277 e. The van der Waals surface area contributed by atoms with Crippen molar-refractivity contribution in [3.63, 3.8) is 0 Å². The van der Waals surface area contributed by atoms with E-state index >= 15 is 0 Å². The number of carbonyl (C=O) groups is 1. The number of amides is 1. The first-order valence-corrected chi connectivity index (χ1v) is 7.68. The second-order valence-electron chi connectivity index (χ2n) is 4.55. The number of aryl methyl sites for hydroxylation is 1. The van der Waals surface area contributed by atoms with E-state index in [4.69, 9.17) is 16.3 Å². The lowest BCUT2D eigenvalue weighted by molar-refractivity contribution is -0.123. The first kappa shape index (κ1) is 16.5. The average molecular weight is 382 g/mol. The third-order valence-corrected chi connectivity index (χ3v) is 3.67. The van der Waals surface area contributed by atoms with Gasteiger partial charge in [0.15, 0.2) is 6.61 Å². The summed E-state index contributed by atoms with van der Waals surface area (Å²) in [4.78, 5) is 11.6. The van der Waals surface area contributed by atoms with Gasteiger partial charge in [0.05, 0.1) is 6.21 Å². The Labute approximate surface area is 142 Å². The highest BCUT2D eigenvalue weighted by molar-refractivity contribution is 9.10. The molecule has 0 aromatic heterocycles. The molecule has 114 valence electrons. The minimum Gasteiger partial charge on any atom is -0.484 e. The summed E-state index contributed by atoms with van der Waals surface area (Å²) in [5, 5.41) is 4.54. The van der Waals surface area contributed by atoms with E-state index in [0.717, 1.165) is 15.6 Å². The maximum absolute atomic E-state index is 11.6. The fourth-order valence-corrected chi connectivity index (χ4v) is 2.19. The molecule has 2 aromatic rings. The molecule has 1 N–H and O–H groups in total. The molecule has 0 saturated carbocycles. The van der Waals surface area contributed by atoms with Gasteiger partial charge in [0.25, 0.3) is 5.91 Å². The monoisotopic (exact) mass is 380 g/mol. The van der Waals surface area contributed by atoms with Gasteiger partial charge in [0.2, 0.25) is 0 Å². The van der Waals surface area contributed by atoms with Crippen molar-refractivity contribution in [1.82, 2.24) is 5.43 Å². The fourth-order valence-electron chi connectivity index (χ4n) is 1.65. The van der Waals surface area contributed by atoms with Crippen LogP contribution in [0.25, 0.3) is 0 Å². The molecule has 0 saturated heterocycles. The molecule has 0 bridgehead atoms. The summed E-state index contributed by atoms with van der Waals surface area (Å²) in [5.41, 5.74) is 4.19. The highest BCUT2D eigenvalue weighted by Crippen LogP contribution is 2.20. The van der Waals surface area contributed by atoms with Crippen LogP contribution >= 0.6 is 27.5 Å². The second kappa shape index (κ2) is 7.96. The molecule has 0 atom stereocenters. The Hall–Kier alpha value is -1.85. The summed E-state index contributed by atoms with van der Waals surface area (Å²) in [6.07, 6.45) is 1.56. The molecule has 0 fully saturated rings. The van der Waals surface area contributed by atoms with Gasteiger partial charge >= 0.3 is 0 Å². The lowest BCUT2D eigenvalue weighted by Gasteiger charge is -2.06. The second-order valence-corrected chi connectivity index (χ2v) is 5.87. The third kappa shape index (κ3) is 5.16. The van der Waals surface area contributed by atoms with Gasteiger partial charge in [-0.2, -0.15) is 5.10 Å². The zero-order valence-electron chi connectivity index (χ0n) is 11.8. The third-order valence-electron chi connectivity index (χ3n) is 2.75. The van der Waals surface area contributed by atoms with Crippen molar-refractivity contribution >= 4 is 39.7 Å². The van der Waals surface area contributed by atoms with E-state index in [2.05, 4.69) is 26.5 Å². The van der Waals surface area contributed by atoms with Crippen LogP contribution in [0, 0.1) is 6.92 Å². The molecule has 2 aromatic carbocycles. The molecule has 1 amide bonds. The van der Waals surface area contributed by atoms with E-state index < -0.39 is 0 Å². The number of nitrogens with zero attached hydrogens (tertiary/aromatic N) is 1. The predicted molar refractivity (Wildman–Crippen MR) is 91.6 cm³/mol. The lowest BCUT2D eigenvalue weighted by atomic mass is 10.2. The molecular formula is C16H14BrClN2O2. The number of ether oxygens (including phenoxy) is 1. The summed E-state index contributed by atoms with van der Waals surface area (Å²) in [6.45, 7) is 1.76. The Kier molecular flexibility index (Phi) is 5.98. The van der Waals surface area contributed by atoms with Crippen molar-refractivity contribution in [2.75, 3.05) is 6.61 Å². The van der Waals surface area contributed by atoms with Gasteiger partial charge in [-0.15, -0.1) is 0 Å². The number of hydrogen-bond donors (Lipinski definition) is 1. The number of hydrogen-bond acceptors (Lipinski definition) is 3. The van der Waals surface area contributed by atoms with E-state index in [0.29, 0.717) is 10.8 Å². The van der Waals surface area contributed by atoms with Crippen molar-refractivity contribution in [2.45, 2.75) is 6.92 Å². The van der Waals surface area contributed by atoms with Gasteiger partial charge < -0.3 is 4.74 Å². The van der Waals surface area contributed by atoms with Crippen LogP contribution in [-0.4, -0.2) is 18.7 Å². The number of rotatable bonds is 5. The summed E-state index contributed by atoms with van der Waals surface area (Å²) in [7, 11) is 0. The maximum atomic E-state index is 11.6. The molecular weight excluding hydrogens is 368 g/mol. The molecule has 0 aliphatic carbocycles. The van der Waals surface area contributed by atoms with Crippen LogP contribution in [0.5, 0.6) is 5.75 Å². The summed E-state index contributed by atoms with van der Waals surface area (Å²) < 4.78 is 6.32. The zero-order chi connectivity index (χ0) is 15.9. The van der Waals surface area contributed by atoms with Crippen molar-refractivity contribution in [2.24, 2.45) is 5.10 Å².